The summed E-state index contributed by atoms with van der Waals surface area (Å²) in [7, 11) is -3.33. The number of carbonyl (C=O) groups is 1. The van der Waals surface area contributed by atoms with Crippen LogP contribution in [0.5, 0.6) is 0 Å². The molecule has 0 saturated carbocycles. The van der Waals surface area contributed by atoms with Crippen molar-refractivity contribution in [3.63, 3.8) is 0 Å². The molecule has 0 aromatic heterocycles. The van der Waals surface area contributed by atoms with Crippen molar-refractivity contribution in [3.05, 3.63) is 35.4 Å². The molecule has 0 radical (unpaired) electrons. The Balaban J connectivity index is 1.52. The molecule has 2 aliphatic rings. The van der Waals surface area contributed by atoms with E-state index in [1.54, 1.807) is 4.31 Å². The van der Waals surface area contributed by atoms with Crippen molar-refractivity contribution < 1.29 is 13.2 Å². The first-order valence-corrected chi connectivity index (χ1v) is 11.5. The number of benzene rings is 1. The van der Waals surface area contributed by atoms with Crippen LogP contribution in [-0.2, 0) is 20.6 Å². The molecule has 0 N–H and O–H groups in total. The van der Waals surface area contributed by atoms with Gasteiger partial charge in [-0.05, 0) is 31.9 Å². The van der Waals surface area contributed by atoms with Gasteiger partial charge in [0.2, 0.25) is 15.9 Å². The smallest absolute Gasteiger partial charge is 0.225 e. The van der Waals surface area contributed by atoms with Crippen LogP contribution in [0.2, 0.25) is 0 Å². The van der Waals surface area contributed by atoms with E-state index >= 15 is 0 Å². The normalized spacial score (nSPS) is 20.7. The monoisotopic (exact) mass is 393 g/mol. The highest BCUT2D eigenvalue weighted by atomic mass is 32.2. The lowest BCUT2D eigenvalue weighted by Crippen LogP contribution is -2.51. The number of hydrogen-bond acceptors (Lipinski definition) is 4. The van der Waals surface area contributed by atoms with Gasteiger partial charge in [0.05, 0.1) is 5.75 Å². The van der Waals surface area contributed by atoms with Crippen LogP contribution in [0.4, 0.5) is 0 Å². The molecule has 150 valence electrons. The number of carbonyl (C=O) groups excluding carboxylic acids is 1. The lowest BCUT2D eigenvalue weighted by Gasteiger charge is -2.38. The largest absolute Gasteiger partial charge is 0.340 e. The fraction of sp³-hybridized carbons (Fsp3) is 0.650. The number of rotatable bonds is 5. The van der Waals surface area contributed by atoms with Crippen molar-refractivity contribution in [3.8, 4) is 0 Å². The Hall–Kier alpha value is -1.44. The molecule has 2 fully saturated rings. The van der Waals surface area contributed by atoms with Gasteiger partial charge in [0.15, 0.2) is 0 Å². The minimum atomic E-state index is -3.33. The first-order chi connectivity index (χ1) is 12.9. The van der Waals surface area contributed by atoms with E-state index in [0.717, 1.165) is 43.9 Å². The molecule has 2 saturated heterocycles. The summed E-state index contributed by atoms with van der Waals surface area (Å²) >= 11 is 0. The van der Waals surface area contributed by atoms with Crippen LogP contribution < -0.4 is 0 Å². The molecule has 7 heteroatoms. The second-order valence-electron chi connectivity index (χ2n) is 7.67. The molecule has 2 aliphatic heterocycles. The summed E-state index contributed by atoms with van der Waals surface area (Å²) in [6, 6.07) is 7.63. The first kappa shape index (κ1) is 20.3. The number of aryl methyl sites for hydroxylation is 1. The third-order valence-electron chi connectivity index (χ3n) is 5.80. The molecule has 0 unspecified atom stereocenters. The summed E-state index contributed by atoms with van der Waals surface area (Å²) in [5.74, 6) is 0.204. The lowest BCUT2D eigenvalue weighted by atomic mass is 9.96. The van der Waals surface area contributed by atoms with E-state index in [1.165, 1.54) is 0 Å². The van der Waals surface area contributed by atoms with Crippen molar-refractivity contribution in [2.24, 2.45) is 5.92 Å². The maximum absolute atomic E-state index is 12.8. The van der Waals surface area contributed by atoms with Gasteiger partial charge in [0.25, 0.3) is 0 Å². The Morgan fingerprint density at radius 2 is 1.59 bits per heavy atom. The number of amides is 1. The molecule has 0 bridgehead atoms. The second-order valence-corrected chi connectivity index (χ2v) is 9.64. The van der Waals surface area contributed by atoms with E-state index in [-0.39, 0.29) is 17.6 Å². The number of sulfonamides is 1. The van der Waals surface area contributed by atoms with Crippen molar-refractivity contribution in [2.75, 3.05) is 45.8 Å². The molecule has 0 aliphatic carbocycles. The predicted octanol–water partition coefficient (Wildman–Crippen LogP) is 1.70. The topological polar surface area (TPSA) is 60.9 Å². The zero-order chi connectivity index (χ0) is 19.4. The van der Waals surface area contributed by atoms with E-state index < -0.39 is 10.0 Å². The third kappa shape index (κ3) is 5.09. The second kappa shape index (κ2) is 8.71. The van der Waals surface area contributed by atoms with Gasteiger partial charge in [-0.15, -0.1) is 0 Å². The van der Waals surface area contributed by atoms with Gasteiger partial charge in [0, 0.05) is 45.2 Å². The maximum Gasteiger partial charge on any atom is 0.225 e. The minimum Gasteiger partial charge on any atom is -0.340 e. The van der Waals surface area contributed by atoms with Crippen LogP contribution in [-0.4, -0.2) is 74.2 Å². The van der Waals surface area contributed by atoms with Crippen molar-refractivity contribution in [1.29, 1.82) is 0 Å². The molecule has 27 heavy (non-hydrogen) atoms. The highest BCUT2D eigenvalue weighted by Gasteiger charge is 2.33. The summed E-state index contributed by atoms with van der Waals surface area (Å²) in [5.41, 5.74) is 1.93. The Morgan fingerprint density at radius 3 is 2.15 bits per heavy atom. The van der Waals surface area contributed by atoms with Gasteiger partial charge in [-0.3, -0.25) is 4.79 Å². The number of nitrogens with zero attached hydrogens (tertiary/aromatic N) is 3. The van der Waals surface area contributed by atoms with Crippen LogP contribution >= 0.6 is 0 Å². The van der Waals surface area contributed by atoms with E-state index in [4.69, 9.17) is 0 Å². The zero-order valence-electron chi connectivity index (χ0n) is 16.4. The molecule has 1 amide bonds. The van der Waals surface area contributed by atoms with Crippen molar-refractivity contribution in [1.82, 2.24) is 14.1 Å². The third-order valence-corrected chi connectivity index (χ3v) is 7.65. The fourth-order valence-corrected chi connectivity index (χ4v) is 5.47. The van der Waals surface area contributed by atoms with Crippen molar-refractivity contribution in [2.45, 2.75) is 32.4 Å². The van der Waals surface area contributed by atoms with E-state index in [0.29, 0.717) is 25.9 Å². The number of likely N-dealkylation sites (N-methyl/N-ethyl adjacent to an activating group) is 1. The fourth-order valence-electron chi connectivity index (χ4n) is 3.91. The molecule has 0 atom stereocenters. The number of piperazine rings is 1. The van der Waals surface area contributed by atoms with E-state index in [9.17, 15) is 13.2 Å². The minimum absolute atomic E-state index is 0.0326. The Labute approximate surface area is 163 Å². The van der Waals surface area contributed by atoms with Gasteiger partial charge in [0.1, 0.15) is 0 Å². The summed E-state index contributed by atoms with van der Waals surface area (Å²) < 4.78 is 27.0. The van der Waals surface area contributed by atoms with Crippen molar-refractivity contribution >= 4 is 15.9 Å². The Morgan fingerprint density at radius 1 is 1.00 bits per heavy atom. The molecule has 1 aromatic rings. The lowest BCUT2D eigenvalue weighted by molar-refractivity contribution is -0.138. The standard InChI is InChI=1S/C20H31N3O3S/c1-3-21-12-14-22(15-13-21)20(24)19-8-10-23(11-9-19)27(25,26)16-18-6-4-17(2)5-7-18/h4-7,19H,3,8-16H2,1-2H3. The van der Waals surface area contributed by atoms with Gasteiger partial charge >= 0.3 is 0 Å². The van der Waals surface area contributed by atoms with Gasteiger partial charge in [-0.25, -0.2) is 12.7 Å². The van der Waals surface area contributed by atoms with E-state index in [2.05, 4.69) is 11.8 Å². The highest BCUT2D eigenvalue weighted by Crippen LogP contribution is 2.24. The van der Waals surface area contributed by atoms with E-state index in [1.807, 2.05) is 36.1 Å². The Kier molecular flexibility index (Phi) is 6.55. The van der Waals surface area contributed by atoms with Gasteiger partial charge in [-0.2, -0.15) is 0 Å². The number of hydrogen-bond donors (Lipinski definition) is 0. The molecule has 2 heterocycles. The first-order valence-electron chi connectivity index (χ1n) is 9.93. The summed E-state index contributed by atoms with van der Waals surface area (Å²) in [4.78, 5) is 17.1. The average Bonchev–Trinajstić information content (AvgIpc) is 2.69. The van der Waals surface area contributed by atoms with Crippen LogP contribution in [0.1, 0.15) is 30.9 Å². The molecule has 3 rings (SSSR count). The Bertz CT molecular complexity index is 732. The molecule has 1 aromatic carbocycles. The summed E-state index contributed by atoms with van der Waals surface area (Å²) in [5, 5.41) is 0. The van der Waals surface area contributed by atoms with Crippen LogP contribution in [0.25, 0.3) is 0 Å². The average molecular weight is 394 g/mol. The highest BCUT2D eigenvalue weighted by molar-refractivity contribution is 7.88. The number of piperidine rings is 1. The molecular formula is C20H31N3O3S. The molecule has 0 spiro atoms. The predicted molar refractivity (Wildman–Crippen MR) is 107 cm³/mol. The van der Waals surface area contributed by atoms with Gasteiger partial charge in [-0.1, -0.05) is 36.8 Å². The quantitative estimate of drug-likeness (QED) is 0.764. The van der Waals surface area contributed by atoms with Crippen LogP contribution in [0, 0.1) is 12.8 Å². The maximum atomic E-state index is 12.8. The SMILES string of the molecule is CCN1CCN(C(=O)C2CCN(S(=O)(=O)Cc3ccc(C)cc3)CC2)CC1. The molecule has 6 nitrogen and oxygen atoms in total. The zero-order valence-corrected chi connectivity index (χ0v) is 17.2. The van der Waals surface area contributed by atoms with Gasteiger partial charge < -0.3 is 9.80 Å². The summed E-state index contributed by atoms with van der Waals surface area (Å²) in [6.07, 6.45) is 1.25. The molecular weight excluding hydrogens is 362 g/mol. The summed E-state index contributed by atoms with van der Waals surface area (Å²) in [6.45, 7) is 9.50. The van der Waals surface area contributed by atoms with Crippen LogP contribution in [0.3, 0.4) is 0 Å². The van der Waals surface area contributed by atoms with Crippen LogP contribution in [0.15, 0.2) is 24.3 Å².